The van der Waals surface area contributed by atoms with E-state index in [9.17, 15) is 4.79 Å². The van der Waals surface area contributed by atoms with Crippen LogP contribution in [0.1, 0.15) is 68.7 Å². The highest BCUT2D eigenvalue weighted by atomic mass is 28.4. The molecule has 0 radical (unpaired) electrons. The van der Waals surface area contributed by atoms with Crippen molar-refractivity contribution in [2.75, 3.05) is 6.61 Å². The Morgan fingerprint density at radius 2 is 1.33 bits per heavy atom. The Hall–Kier alpha value is -0.436. The lowest BCUT2D eigenvalue weighted by molar-refractivity contribution is -0.154. The molecule has 0 N–H and O–H groups in total. The zero-order valence-electron chi connectivity index (χ0n) is 22.0. The topological polar surface area (TPSA) is 44.8 Å². The van der Waals surface area contributed by atoms with E-state index in [2.05, 4.69) is 74.3 Å². The fourth-order valence-corrected chi connectivity index (χ4v) is 5.63. The SMILES string of the molecule is C=C1[C@H](O[Si](C)(C)C(C)(C)C)C[C@H](O[Si](C)(C)C(C)(C)C)[C@H]1COC(=O)C(C)(C)C. The van der Waals surface area contributed by atoms with E-state index in [1.165, 1.54) is 0 Å². The van der Waals surface area contributed by atoms with Crippen molar-refractivity contribution in [1.29, 1.82) is 0 Å². The first kappa shape index (κ1) is 27.6. The Morgan fingerprint density at radius 1 is 0.900 bits per heavy atom. The molecule has 0 unspecified atom stereocenters. The van der Waals surface area contributed by atoms with Gasteiger partial charge in [-0.2, -0.15) is 0 Å². The number of ether oxygens (including phenoxy) is 1. The van der Waals surface area contributed by atoms with Crippen LogP contribution in [-0.2, 0) is 18.4 Å². The number of rotatable bonds is 6. The molecular weight excluding hydrogens is 408 g/mol. The number of esters is 1. The highest BCUT2D eigenvalue weighted by Crippen LogP contribution is 2.45. The van der Waals surface area contributed by atoms with Crippen LogP contribution in [0.25, 0.3) is 0 Å². The summed E-state index contributed by atoms with van der Waals surface area (Å²) in [6, 6.07) is 0. The lowest BCUT2D eigenvalue weighted by Crippen LogP contribution is -2.46. The van der Waals surface area contributed by atoms with E-state index in [0.29, 0.717) is 6.61 Å². The number of hydrogen-bond donors (Lipinski definition) is 0. The van der Waals surface area contributed by atoms with Gasteiger partial charge in [-0.25, -0.2) is 0 Å². The second-order valence-electron chi connectivity index (χ2n) is 13.0. The summed E-state index contributed by atoms with van der Waals surface area (Å²) in [5, 5.41) is 0.235. The zero-order chi connectivity index (χ0) is 23.9. The van der Waals surface area contributed by atoms with Crippen LogP contribution in [0.2, 0.25) is 36.3 Å². The van der Waals surface area contributed by atoms with Gasteiger partial charge in [0.2, 0.25) is 0 Å². The molecule has 0 heterocycles. The van der Waals surface area contributed by atoms with Gasteiger partial charge in [0.25, 0.3) is 0 Å². The molecule has 0 saturated heterocycles. The van der Waals surface area contributed by atoms with Crippen molar-refractivity contribution < 1.29 is 18.4 Å². The number of carbonyl (C=O) groups excluding carboxylic acids is 1. The third-order valence-electron chi connectivity index (χ3n) is 7.29. The molecule has 0 aliphatic heterocycles. The minimum Gasteiger partial charge on any atom is -0.465 e. The Kier molecular flexibility index (Phi) is 8.13. The quantitative estimate of drug-likeness (QED) is 0.247. The first-order valence-electron chi connectivity index (χ1n) is 11.3. The number of hydrogen-bond acceptors (Lipinski definition) is 4. The monoisotopic (exact) mass is 456 g/mol. The first-order valence-corrected chi connectivity index (χ1v) is 17.1. The van der Waals surface area contributed by atoms with E-state index in [0.717, 1.165) is 12.0 Å². The lowest BCUT2D eigenvalue weighted by Gasteiger charge is -2.40. The van der Waals surface area contributed by atoms with Gasteiger partial charge in [-0.3, -0.25) is 4.79 Å². The Morgan fingerprint density at radius 3 is 1.73 bits per heavy atom. The number of carbonyl (C=O) groups is 1. The summed E-state index contributed by atoms with van der Waals surface area (Å²) < 4.78 is 19.3. The van der Waals surface area contributed by atoms with E-state index in [1.807, 2.05) is 20.8 Å². The fourth-order valence-electron chi connectivity index (χ4n) is 2.94. The molecular formula is C24H48O4Si2. The second kappa shape index (κ2) is 8.83. The summed E-state index contributed by atoms with van der Waals surface area (Å²) in [5.41, 5.74) is 0.498. The van der Waals surface area contributed by atoms with Gasteiger partial charge in [0.15, 0.2) is 16.6 Å². The van der Waals surface area contributed by atoms with Gasteiger partial charge in [-0.1, -0.05) is 48.1 Å². The molecule has 1 rings (SSSR count). The summed E-state index contributed by atoms with van der Waals surface area (Å²) in [6.45, 7) is 33.0. The van der Waals surface area contributed by atoms with Crippen LogP contribution in [0.4, 0.5) is 0 Å². The summed E-state index contributed by atoms with van der Waals surface area (Å²) in [4.78, 5) is 12.4. The van der Waals surface area contributed by atoms with Crippen molar-refractivity contribution in [3.63, 3.8) is 0 Å². The highest BCUT2D eigenvalue weighted by Gasteiger charge is 2.49. The summed E-state index contributed by atoms with van der Waals surface area (Å²) in [7, 11) is -3.94. The summed E-state index contributed by atoms with van der Waals surface area (Å²) in [6.07, 6.45) is 0.718. The maximum absolute atomic E-state index is 12.4. The molecule has 0 aromatic rings. The molecule has 0 amide bonds. The average molecular weight is 457 g/mol. The fraction of sp³-hybridized carbons (Fsp3) is 0.875. The van der Waals surface area contributed by atoms with Crippen LogP contribution in [-0.4, -0.2) is 41.4 Å². The van der Waals surface area contributed by atoms with Gasteiger partial charge in [0.05, 0.1) is 17.6 Å². The molecule has 6 heteroatoms. The molecule has 4 nitrogen and oxygen atoms in total. The molecule has 3 atom stereocenters. The van der Waals surface area contributed by atoms with Crippen molar-refractivity contribution in [3.05, 3.63) is 12.2 Å². The van der Waals surface area contributed by atoms with Gasteiger partial charge in [0, 0.05) is 12.3 Å². The molecule has 1 saturated carbocycles. The van der Waals surface area contributed by atoms with Gasteiger partial charge >= 0.3 is 5.97 Å². The Bertz CT molecular complexity index is 633. The van der Waals surface area contributed by atoms with E-state index >= 15 is 0 Å². The van der Waals surface area contributed by atoms with Gasteiger partial charge in [-0.05, 0) is 62.6 Å². The van der Waals surface area contributed by atoms with Crippen LogP contribution < -0.4 is 0 Å². The Balaban J connectivity index is 3.12. The van der Waals surface area contributed by atoms with Crippen LogP contribution >= 0.6 is 0 Å². The summed E-state index contributed by atoms with van der Waals surface area (Å²) in [5.74, 6) is -0.213. The second-order valence-corrected chi connectivity index (χ2v) is 22.6. The third-order valence-corrected chi connectivity index (χ3v) is 16.3. The van der Waals surface area contributed by atoms with Gasteiger partial charge < -0.3 is 13.6 Å². The van der Waals surface area contributed by atoms with Crippen molar-refractivity contribution in [2.45, 2.75) is 117 Å². The van der Waals surface area contributed by atoms with Crippen LogP contribution in [0.5, 0.6) is 0 Å². The maximum Gasteiger partial charge on any atom is 0.311 e. The first-order chi connectivity index (χ1) is 13.1. The molecule has 1 aliphatic rings. The molecule has 0 aromatic heterocycles. The molecule has 0 bridgehead atoms. The highest BCUT2D eigenvalue weighted by molar-refractivity contribution is 6.74. The standard InChI is InChI=1S/C24H48O4Si2/c1-17-18(16-26-21(25)22(2,3)4)20(28-30(13,14)24(8,9)10)15-19(17)27-29(11,12)23(5,6)7/h18-20H,1,15-16H2,2-14H3/t18-,19+,20-/m0/s1. The van der Waals surface area contributed by atoms with Crippen molar-refractivity contribution in [3.8, 4) is 0 Å². The minimum atomic E-state index is -1.98. The van der Waals surface area contributed by atoms with Crippen molar-refractivity contribution in [2.24, 2.45) is 11.3 Å². The molecule has 0 spiro atoms. The third kappa shape index (κ3) is 6.53. The van der Waals surface area contributed by atoms with Crippen LogP contribution in [0.15, 0.2) is 12.2 Å². The van der Waals surface area contributed by atoms with E-state index in [4.69, 9.17) is 13.6 Å². The predicted octanol–water partition coefficient (Wildman–Crippen LogP) is 6.93. The molecule has 176 valence electrons. The smallest absolute Gasteiger partial charge is 0.311 e. The molecule has 30 heavy (non-hydrogen) atoms. The van der Waals surface area contributed by atoms with Crippen molar-refractivity contribution in [1.82, 2.24) is 0 Å². The normalized spacial score (nSPS) is 24.3. The van der Waals surface area contributed by atoms with Gasteiger partial charge in [-0.15, -0.1) is 0 Å². The van der Waals surface area contributed by atoms with E-state index < -0.39 is 22.0 Å². The maximum atomic E-state index is 12.4. The average Bonchev–Trinajstić information content (AvgIpc) is 2.76. The molecule has 1 aliphatic carbocycles. The zero-order valence-corrected chi connectivity index (χ0v) is 24.0. The summed E-state index contributed by atoms with van der Waals surface area (Å²) >= 11 is 0. The van der Waals surface area contributed by atoms with Crippen molar-refractivity contribution >= 4 is 22.6 Å². The predicted molar refractivity (Wildman–Crippen MR) is 132 cm³/mol. The van der Waals surface area contributed by atoms with Crippen LogP contribution in [0, 0.1) is 11.3 Å². The van der Waals surface area contributed by atoms with Gasteiger partial charge in [0.1, 0.15) is 6.61 Å². The molecule has 0 aromatic carbocycles. The lowest BCUT2D eigenvalue weighted by atomic mass is 9.97. The van der Waals surface area contributed by atoms with E-state index in [-0.39, 0.29) is 34.2 Å². The minimum absolute atomic E-state index is 0.0269. The van der Waals surface area contributed by atoms with E-state index in [1.54, 1.807) is 0 Å². The Labute approximate surface area is 188 Å². The molecule has 1 fully saturated rings. The van der Waals surface area contributed by atoms with Crippen LogP contribution in [0.3, 0.4) is 0 Å². The largest absolute Gasteiger partial charge is 0.465 e.